The summed E-state index contributed by atoms with van der Waals surface area (Å²) < 4.78 is 0. The summed E-state index contributed by atoms with van der Waals surface area (Å²) in [6, 6.07) is 16.7. The Kier molecular flexibility index (Phi) is 6.15. The Morgan fingerprint density at radius 3 is 1.41 bits per heavy atom. The molecule has 0 saturated heterocycles. The monoisotopic (exact) mass is 378 g/mol. The second-order valence-corrected chi connectivity index (χ2v) is 6.34. The molecule has 2 aromatic rings. The quantitative estimate of drug-likeness (QED) is 0.382. The molecule has 0 nitrogen and oxygen atoms in total. The summed E-state index contributed by atoms with van der Waals surface area (Å²) in [5.41, 5.74) is 3.26. The summed E-state index contributed by atoms with van der Waals surface area (Å²) >= 11 is 0. The SMILES string of the molecule is CC1=CC[C@H]2C[C@@H]1CC=C2C.[Ru].c1ccc2ccccc2c1. The van der Waals surface area contributed by atoms with Crippen LogP contribution in [0.15, 0.2) is 71.8 Å². The first-order chi connectivity index (χ1) is 10.2. The summed E-state index contributed by atoms with van der Waals surface area (Å²) in [4.78, 5) is 0. The Balaban J connectivity index is 0.000000154. The van der Waals surface area contributed by atoms with Crippen LogP contribution in [0.1, 0.15) is 33.1 Å². The van der Waals surface area contributed by atoms with E-state index in [1.165, 1.54) is 30.0 Å². The molecule has 2 atom stereocenters. The van der Waals surface area contributed by atoms with Gasteiger partial charge in [-0.2, -0.15) is 0 Å². The molecule has 0 heterocycles. The average molecular weight is 377 g/mol. The molecule has 0 radical (unpaired) electrons. The van der Waals surface area contributed by atoms with Crippen LogP contribution in [-0.4, -0.2) is 0 Å². The maximum Gasteiger partial charge on any atom is 0 e. The Bertz CT molecular complexity index is 592. The van der Waals surface area contributed by atoms with Gasteiger partial charge < -0.3 is 0 Å². The molecule has 0 fully saturated rings. The van der Waals surface area contributed by atoms with Crippen LogP contribution >= 0.6 is 0 Å². The van der Waals surface area contributed by atoms with Crippen molar-refractivity contribution in [1.82, 2.24) is 0 Å². The van der Waals surface area contributed by atoms with Crippen LogP contribution in [0.25, 0.3) is 10.8 Å². The van der Waals surface area contributed by atoms with Crippen LogP contribution in [0.5, 0.6) is 0 Å². The molecule has 0 saturated carbocycles. The van der Waals surface area contributed by atoms with E-state index in [9.17, 15) is 0 Å². The van der Waals surface area contributed by atoms with Crippen LogP contribution in [-0.2, 0) is 19.5 Å². The second kappa shape index (κ2) is 7.88. The van der Waals surface area contributed by atoms with Gasteiger partial charge in [0.2, 0.25) is 0 Å². The van der Waals surface area contributed by atoms with Crippen LogP contribution in [0.2, 0.25) is 0 Å². The van der Waals surface area contributed by atoms with Crippen LogP contribution < -0.4 is 0 Å². The van der Waals surface area contributed by atoms with Crippen LogP contribution in [0, 0.1) is 11.8 Å². The first-order valence-electron chi connectivity index (χ1n) is 8.01. The molecule has 1 heteroatoms. The van der Waals surface area contributed by atoms with Crippen molar-refractivity contribution < 1.29 is 19.5 Å². The first-order valence-corrected chi connectivity index (χ1v) is 8.01. The fourth-order valence-corrected chi connectivity index (χ4v) is 3.40. The molecule has 0 spiro atoms. The molecular weight excluding hydrogens is 353 g/mol. The van der Waals surface area contributed by atoms with E-state index in [-0.39, 0.29) is 19.5 Å². The van der Waals surface area contributed by atoms with Gasteiger partial charge in [-0.15, -0.1) is 0 Å². The zero-order valence-corrected chi connectivity index (χ0v) is 15.1. The number of rotatable bonds is 0. The van der Waals surface area contributed by atoms with Gasteiger partial charge >= 0.3 is 0 Å². The predicted molar refractivity (Wildman–Crippen MR) is 92.3 cm³/mol. The van der Waals surface area contributed by atoms with Gasteiger partial charge in [-0.05, 0) is 55.7 Å². The minimum absolute atomic E-state index is 0. The zero-order chi connectivity index (χ0) is 14.7. The first kappa shape index (κ1) is 17.2. The van der Waals surface area contributed by atoms with Gasteiger partial charge in [0.15, 0.2) is 0 Å². The van der Waals surface area contributed by atoms with E-state index in [0.717, 1.165) is 11.8 Å². The van der Waals surface area contributed by atoms with Gasteiger partial charge in [-0.3, -0.25) is 0 Å². The number of allylic oxidation sites excluding steroid dienone is 4. The van der Waals surface area contributed by atoms with Gasteiger partial charge in [0.05, 0.1) is 0 Å². The van der Waals surface area contributed by atoms with Gasteiger partial charge in [-0.25, -0.2) is 0 Å². The van der Waals surface area contributed by atoms with Crippen molar-refractivity contribution in [1.29, 1.82) is 0 Å². The number of hydrogen-bond donors (Lipinski definition) is 0. The molecule has 2 aliphatic carbocycles. The van der Waals surface area contributed by atoms with Crippen LogP contribution in [0.3, 0.4) is 0 Å². The molecule has 4 rings (SSSR count). The van der Waals surface area contributed by atoms with Crippen LogP contribution in [0.4, 0.5) is 0 Å². The second-order valence-electron chi connectivity index (χ2n) is 6.34. The Labute approximate surface area is 147 Å². The minimum Gasteiger partial charge on any atom is -0.0847 e. The van der Waals surface area contributed by atoms with Gasteiger partial charge in [0, 0.05) is 19.5 Å². The summed E-state index contributed by atoms with van der Waals surface area (Å²) in [7, 11) is 0. The summed E-state index contributed by atoms with van der Waals surface area (Å²) in [6.45, 7) is 4.57. The van der Waals surface area contributed by atoms with Crippen molar-refractivity contribution in [2.45, 2.75) is 33.1 Å². The van der Waals surface area contributed by atoms with Crippen molar-refractivity contribution in [2.75, 3.05) is 0 Å². The van der Waals surface area contributed by atoms with E-state index < -0.39 is 0 Å². The maximum atomic E-state index is 2.44. The number of benzene rings is 2. The largest absolute Gasteiger partial charge is 0.0847 e. The van der Waals surface area contributed by atoms with Gasteiger partial charge in [-0.1, -0.05) is 71.8 Å². The average Bonchev–Trinajstić information content (AvgIpc) is 2.54. The molecule has 0 N–H and O–H groups in total. The van der Waals surface area contributed by atoms with E-state index >= 15 is 0 Å². The predicted octanol–water partition coefficient (Wildman–Crippen LogP) is 6.15. The smallest absolute Gasteiger partial charge is 0 e. The Morgan fingerprint density at radius 2 is 1.05 bits per heavy atom. The fraction of sp³-hybridized carbons (Fsp3) is 0.333. The van der Waals surface area contributed by atoms with Crippen molar-refractivity contribution in [2.24, 2.45) is 11.8 Å². The van der Waals surface area contributed by atoms with Gasteiger partial charge in [0.25, 0.3) is 0 Å². The molecule has 0 aromatic heterocycles. The maximum absolute atomic E-state index is 2.44. The molecule has 2 bridgehead atoms. The molecule has 2 aromatic carbocycles. The van der Waals surface area contributed by atoms with Crippen molar-refractivity contribution in [3.05, 3.63) is 71.8 Å². The molecule has 22 heavy (non-hydrogen) atoms. The van der Waals surface area contributed by atoms with E-state index in [2.05, 4.69) is 74.5 Å². The molecule has 116 valence electrons. The third-order valence-corrected chi connectivity index (χ3v) is 4.96. The Morgan fingerprint density at radius 1 is 0.682 bits per heavy atom. The van der Waals surface area contributed by atoms with E-state index in [0.29, 0.717) is 0 Å². The standard InChI is InChI=1S/C11H16.C10H8.Ru/c1-8-3-5-11-7-10(8)6-4-9(11)2;1-2-6-10-8-4-3-7-9(10)5-1;/h3-4,10-11H,5-7H2,1-2H3;1-8H;/t10-,11-;;/m0../s1. The number of hydrogen-bond acceptors (Lipinski definition) is 0. The van der Waals surface area contributed by atoms with E-state index in [1.54, 1.807) is 11.1 Å². The fourth-order valence-electron chi connectivity index (χ4n) is 3.40. The van der Waals surface area contributed by atoms with Crippen molar-refractivity contribution >= 4 is 10.8 Å². The Hall–Kier alpha value is -1.20. The van der Waals surface area contributed by atoms with Crippen molar-refractivity contribution in [3.63, 3.8) is 0 Å². The molecule has 0 unspecified atom stereocenters. The number of fused-ring (bicyclic) bond motifs is 3. The topological polar surface area (TPSA) is 0 Å². The molecule has 0 aliphatic heterocycles. The van der Waals surface area contributed by atoms with Crippen molar-refractivity contribution in [3.8, 4) is 0 Å². The molecule has 2 aliphatic rings. The van der Waals surface area contributed by atoms with E-state index in [1.807, 2.05) is 0 Å². The van der Waals surface area contributed by atoms with Gasteiger partial charge in [0.1, 0.15) is 0 Å². The van der Waals surface area contributed by atoms with E-state index in [4.69, 9.17) is 0 Å². The third-order valence-electron chi connectivity index (χ3n) is 4.96. The summed E-state index contributed by atoms with van der Waals surface area (Å²) in [5.74, 6) is 1.77. The minimum atomic E-state index is 0. The normalized spacial score (nSPS) is 22.6. The molecule has 0 amide bonds. The molecular formula is C21H24Ru. The summed E-state index contributed by atoms with van der Waals surface area (Å²) in [6.07, 6.45) is 8.89. The summed E-state index contributed by atoms with van der Waals surface area (Å²) in [5, 5.41) is 2.62. The third kappa shape index (κ3) is 3.96. The zero-order valence-electron chi connectivity index (χ0n) is 13.4.